The van der Waals surface area contributed by atoms with Gasteiger partial charge < -0.3 is 42.1 Å². The normalized spacial score (nSPS) is 15.6. The highest BCUT2D eigenvalue weighted by molar-refractivity contribution is 7.98. The molecule has 0 aromatic rings. The van der Waals surface area contributed by atoms with E-state index in [0.29, 0.717) is 5.75 Å². The molecule has 0 saturated heterocycles. The van der Waals surface area contributed by atoms with Crippen LogP contribution in [0.1, 0.15) is 26.2 Å². The number of hydrogen-bond donors (Lipinski definition) is 8. The van der Waals surface area contributed by atoms with Gasteiger partial charge in [-0.3, -0.25) is 19.2 Å². The average molecular weight is 467 g/mol. The number of carboxylic acid groups (broad SMARTS) is 2. The van der Waals surface area contributed by atoms with Crippen LogP contribution in [-0.2, 0) is 24.0 Å². The summed E-state index contributed by atoms with van der Waals surface area (Å²) in [5, 5.41) is 43.1. The minimum Gasteiger partial charge on any atom is -0.481 e. The number of carbonyl (C=O) groups excluding carboxylic acids is 3. The van der Waals surface area contributed by atoms with Gasteiger partial charge in [0.2, 0.25) is 17.7 Å². The molecular formula is C17H30N4O9S. The van der Waals surface area contributed by atoms with Crippen LogP contribution in [0.25, 0.3) is 0 Å². The summed E-state index contributed by atoms with van der Waals surface area (Å²) in [5.74, 6) is -4.93. The Hall–Kier alpha value is -2.42. The van der Waals surface area contributed by atoms with Gasteiger partial charge in [-0.25, -0.2) is 4.79 Å². The van der Waals surface area contributed by atoms with E-state index in [9.17, 15) is 29.1 Å². The van der Waals surface area contributed by atoms with E-state index in [4.69, 9.17) is 21.1 Å². The predicted molar refractivity (Wildman–Crippen MR) is 110 cm³/mol. The minimum absolute atomic E-state index is 0.100. The van der Waals surface area contributed by atoms with Crippen LogP contribution in [0, 0.1) is 0 Å². The van der Waals surface area contributed by atoms with Crippen LogP contribution in [-0.4, -0.2) is 99.0 Å². The number of aliphatic hydroxyl groups excluding tert-OH is 2. The van der Waals surface area contributed by atoms with Gasteiger partial charge in [0.25, 0.3) is 0 Å². The maximum Gasteiger partial charge on any atom is 0.328 e. The van der Waals surface area contributed by atoms with Crippen LogP contribution >= 0.6 is 11.8 Å². The molecular weight excluding hydrogens is 436 g/mol. The van der Waals surface area contributed by atoms with Gasteiger partial charge in [-0.05, 0) is 31.8 Å². The molecule has 5 atom stereocenters. The van der Waals surface area contributed by atoms with E-state index >= 15 is 0 Å². The zero-order valence-electron chi connectivity index (χ0n) is 17.2. The zero-order valence-corrected chi connectivity index (χ0v) is 18.1. The maximum atomic E-state index is 12.7. The molecule has 0 aromatic carbocycles. The molecule has 0 aliphatic carbocycles. The third-order valence-corrected chi connectivity index (χ3v) is 4.79. The molecule has 0 saturated carbocycles. The lowest BCUT2D eigenvalue weighted by Gasteiger charge is -2.25. The summed E-state index contributed by atoms with van der Waals surface area (Å²) in [6.07, 6.45) is -0.170. The molecule has 9 N–H and O–H groups in total. The Bertz CT molecular complexity index is 647. The molecule has 178 valence electrons. The fourth-order valence-electron chi connectivity index (χ4n) is 2.26. The Balaban J connectivity index is 5.43. The van der Waals surface area contributed by atoms with Gasteiger partial charge in [0, 0.05) is 6.42 Å². The third kappa shape index (κ3) is 11.0. The van der Waals surface area contributed by atoms with Crippen molar-refractivity contribution < 1.29 is 44.4 Å². The quantitative estimate of drug-likeness (QED) is 0.120. The first-order valence-electron chi connectivity index (χ1n) is 9.33. The van der Waals surface area contributed by atoms with E-state index in [1.807, 2.05) is 0 Å². The van der Waals surface area contributed by atoms with Gasteiger partial charge in [-0.15, -0.1) is 0 Å². The van der Waals surface area contributed by atoms with Crippen molar-refractivity contribution in [1.29, 1.82) is 0 Å². The van der Waals surface area contributed by atoms with Crippen LogP contribution in [0.15, 0.2) is 0 Å². The number of aliphatic hydroxyl groups is 2. The van der Waals surface area contributed by atoms with E-state index < -0.39 is 73.0 Å². The highest BCUT2D eigenvalue weighted by atomic mass is 32.2. The summed E-state index contributed by atoms with van der Waals surface area (Å²) in [6.45, 7) is 0.401. The molecule has 13 nitrogen and oxygen atoms in total. The van der Waals surface area contributed by atoms with Crippen molar-refractivity contribution in [3.8, 4) is 0 Å². The molecule has 0 aliphatic heterocycles. The monoisotopic (exact) mass is 466 g/mol. The van der Waals surface area contributed by atoms with Crippen molar-refractivity contribution in [3.63, 3.8) is 0 Å². The molecule has 0 heterocycles. The van der Waals surface area contributed by atoms with Crippen LogP contribution in [0.4, 0.5) is 0 Å². The molecule has 3 amide bonds. The number of hydrogen-bond acceptors (Lipinski definition) is 9. The summed E-state index contributed by atoms with van der Waals surface area (Å²) < 4.78 is 0. The highest BCUT2D eigenvalue weighted by Crippen LogP contribution is 2.05. The Morgan fingerprint density at radius 2 is 1.39 bits per heavy atom. The van der Waals surface area contributed by atoms with Gasteiger partial charge in [-0.2, -0.15) is 11.8 Å². The van der Waals surface area contributed by atoms with Crippen LogP contribution in [0.2, 0.25) is 0 Å². The Labute approximate surface area is 183 Å². The fraction of sp³-hybridized carbons (Fsp3) is 0.706. The van der Waals surface area contributed by atoms with Crippen molar-refractivity contribution in [2.45, 2.75) is 56.5 Å². The zero-order chi connectivity index (χ0) is 24.1. The molecule has 0 aromatic heterocycles. The van der Waals surface area contributed by atoms with E-state index in [1.165, 1.54) is 18.7 Å². The Kier molecular flexibility index (Phi) is 13.4. The van der Waals surface area contributed by atoms with Crippen LogP contribution < -0.4 is 21.7 Å². The lowest BCUT2D eigenvalue weighted by atomic mass is 10.1. The second-order valence-electron chi connectivity index (χ2n) is 6.68. The molecule has 0 rings (SSSR count). The smallest absolute Gasteiger partial charge is 0.328 e. The lowest BCUT2D eigenvalue weighted by molar-refractivity contribution is -0.143. The summed E-state index contributed by atoms with van der Waals surface area (Å²) in [4.78, 5) is 59.1. The number of rotatable bonds is 15. The standard InChI is InChI=1S/C17H30N4O9S/c1-8(23)13(18)16(28)20-9(3-4-12(24)25)14(26)19-10(5-6-31-2)15(27)21-11(7-22)17(29)30/h8-11,13,22-23H,3-7,18H2,1-2H3,(H,19,26)(H,20,28)(H,21,27)(H,24,25)(H,29,30). The van der Waals surface area contributed by atoms with E-state index in [2.05, 4.69) is 16.0 Å². The number of carbonyl (C=O) groups is 5. The number of nitrogens with one attached hydrogen (secondary N) is 3. The molecule has 0 fully saturated rings. The average Bonchev–Trinajstić information content (AvgIpc) is 2.70. The number of nitrogens with two attached hydrogens (primary N) is 1. The van der Waals surface area contributed by atoms with Crippen molar-refractivity contribution >= 4 is 41.4 Å². The molecule has 0 spiro atoms. The molecule has 14 heteroatoms. The second-order valence-corrected chi connectivity index (χ2v) is 7.67. The Morgan fingerprint density at radius 3 is 1.81 bits per heavy atom. The van der Waals surface area contributed by atoms with Crippen molar-refractivity contribution in [2.24, 2.45) is 5.73 Å². The summed E-state index contributed by atoms with van der Waals surface area (Å²) in [5.41, 5.74) is 5.52. The number of amides is 3. The fourth-order valence-corrected chi connectivity index (χ4v) is 2.73. The van der Waals surface area contributed by atoms with E-state index in [0.717, 1.165) is 0 Å². The number of thioether (sulfide) groups is 1. The van der Waals surface area contributed by atoms with E-state index in [1.54, 1.807) is 6.26 Å². The lowest BCUT2D eigenvalue weighted by Crippen LogP contribution is -2.58. The summed E-state index contributed by atoms with van der Waals surface area (Å²) in [7, 11) is 0. The van der Waals surface area contributed by atoms with Crippen molar-refractivity contribution in [1.82, 2.24) is 16.0 Å². The van der Waals surface area contributed by atoms with Crippen molar-refractivity contribution in [2.75, 3.05) is 18.6 Å². The van der Waals surface area contributed by atoms with Gasteiger partial charge >= 0.3 is 11.9 Å². The summed E-state index contributed by atoms with van der Waals surface area (Å²) in [6, 6.07) is -5.52. The molecule has 31 heavy (non-hydrogen) atoms. The largest absolute Gasteiger partial charge is 0.481 e. The number of carboxylic acids is 2. The maximum absolute atomic E-state index is 12.7. The van der Waals surface area contributed by atoms with Gasteiger partial charge in [0.1, 0.15) is 24.2 Å². The first-order valence-corrected chi connectivity index (χ1v) is 10.7. The van der Waals surface area contributed by atoms with E-state index in [-0.39, 0.29) is 12.8 Å². The first-order chi connectivity index (χ1) is 14.4. The predicted octanol–water partition coefficient (Wildman–Crippen LogP) is -3.16. The van der Waals surface area contributed by atoms with Gasteiger partial charge in [0.05, 0.1) is 12.7 Å². The minimum atomic E-state index is -1.58. The molecule has 0 aliphatic rings. The Morgan fingerprint density at radius 1 is 0.903 bits per heavy atom. The van der Waals surface area contributed by atoms with Crippen LogP contribution in [0.5, 0.6) is 0 Å². The highest BCUT2D eigenvalue weighted by Gasteiger charge is 2.30. The van der Waals surface area contributed by atoms with Crippen molar-refractivity contribution in [3.05, 3.63) is 0 Å². The van der Waals surface area contributed by atoms with Gasteiger partial charge in [-0.1, -0.05) is 0 Å². The molecule has 5 unspecified atom stereocenters. The van der Waals surface area contributed by atoms with Crippen LogP contribution in [0.3, 0.4) is 0 Å². The SMILES string of the molecule is CSCCC(NC(=O)C(CCC(=O)O)NC(=O)C(N)C(C)O)C(=O)NC(CO)C(=O)O. The summed E-state index contributed by atoms with van der Waals surface area (Å²) >= 11 is 1.36. The third-order valence-electron chi connectivity index (χ3n) is 4.14. The number of aliphatic carboxylic acids is 2. The topological polar surface area (TPSA) is 228 Å². The molecule has 0 bridgehead atoms. The molecule has 0 radical (unpaired) electrons. The van der Waals surface area contributed by atoms with Gasteiger partial charge in [0.15, 0.2) is 0 Å². The first kappa shape index (κ1) is 28.6. The second kappa shape index (κ2) is 14.6.